The van der Waals surface area contributed by atoms with E-state index in [1.807, 2.05) is 36.4 Å². The first-order valence-corrected chi connectivity index (χ1v) is 12.7. The van der Waals surface area contributed by atoms with Crippen LogP contribution in [-0.2, 0) is 18.8 Å². The molecule has 2 heterocycles. The number of amides is 3. The van der Waals surface area contributed by atoms with Crippen LogP contribution in [0.2, 0.25) is 0 Å². The Morgan fingerprint density at radius 1 is 1.11 bits per heavy atom. The number of nitrogens with one attached hydrogen (secondary N) is 2. The van der Waals surface area contributed by atoms with Crippen molar-refractivity contribution in [2.75, 3.05) is 58.4 Å². The van der Waals surface area contributed by atoms with Crippen LogP contribution in [0.15, 0.2) is 42.5 Å². The number of piperazine rings is 1. The molecule has 3 amide bonds. The van der Waals surface area contributed by atoms with Gasteiger partial charge in [-0.2, -0.15) is 0 Å². The van der Waals surface area contributed by atoms with E-state index in [0.717, 1.165) is 5.56 Å². The Morgan fingerprint density at radius 3 is 2.46 bits per heavy atom. The molecule has 0 unspecified atom stereocenters. The van der Waals surface area contributed by atoms with Gasteiger partial charge in [0.1, 0.15) is 0 Å². The Bertz CT molecular complexity index is 1200. The van der Waals surface area contributed by atoms with E-state index in [4.69, 9.17) is 9.47 Å². The number of anilines is 1. The molecule has 1 saturated heterocycles. The molecule has 1 atom stereocenters. The van der Waals surface area contributed by atoms with Gasteiger partial charge in [0, 0.05) is 0 Å². The van der Waals surface area contributed by atoms with E-state index in [0.29, 0.717) is 24.5 Å². The van der Waals surface area contributed by atoms with Crippen LogP contribution in [-0.4, -0.2) is 91.8 Å². The van der Waals surface area contributed by atoms with Gasteiger partial charge in [-0.05, 0) is 0 Å². The fourth-order valence-corrected chi connectivity index (χ4v) is 4.00. The number of aromatic nitrogens is 1. The van der Waals surface area contributed by atoms with E-state index in [9.17, 15) is 18.9 Å². The van der Waals surface area contributed by atoms with E-state index in [2.05, 4.69) is 21.2 Å². The summed E-state index contributed by atoms with van der Waals surface area (Å²) >= 11 is 0. The average Bonchev–Trinajstić information content (AvgIpc) is 2.93. The van der Waals surface area contributed by atoms with E-state index < -0.39 is 31.9 Å². The summed E-state index contributed by atoms with van der Waals surface area (Å²) in [6.07, 6.45) is -0.435. The number of hydrogen-bond acceptors (Lipinski definition) is 8. The molecule has 37 heavy (non-hydrogen) atoms. The van der Waals surface area contributed by atoms with Crippen LogP contribution in [0.4, 0.5) is 10.5 Å². The predicted octanol–water partition coefficient (Wildman–Crippen LogP) is 2.46. The van der Waals surface area contributed by atoms with Gasteiger partial charge in [-0.15, -0.1) is 0 Å². The zero-order valence-electron chi connectivity index (χ0n) is 20.8. The Labute approximate surface area is 216 Å². The molecule has 0 spiro atoms. The molecule has 3 rings (SSSR count). The molecule has 0 radical (unpaired) electrons. The number of nitrogens with zero attached hydrogens (tertiary/aromatic N) is 3. The van der Waals surface area contributed by atoms with Gasteiger partial charge in [0.25, 0.3) is 0 Å². The van der Waals surface area contributed by atoms with Gasteiger partial charge in [0.05, 0.1) is 0 Å². The minimum absolute atomic E-state index is 0.0792. The molecule has 196 valence electrons. The molecule has 12 heteroatoms. The van der Waals surface area contributed by atoms with Crippen molar-refractivity contribution in [1.29, 1.82) is 0 Å². The monoisotopic (exact) mass is 527 g/mol. The van der Waals surface area contributed by atoms with Crippen molar-refractivity contribution < 1.29 is 28.4 Å². The maximum atomic E-state index is 13.2. The summed E-state index contributed by atoms with van der Waals surface area (Å²) in [5, 5.41) is 5.79. The van der Waals surface area contributed by atoms with Crippen LogP contribution in [0.1, 0.15) is 17.4 Å². The first-order valence-electron chi connectivity index (χ1n) is 11.9. The summed E-state index contributed by atoms with van der Waals surface area (Å²) in [5.74, 6) is -1.09. The minimum atomic E-state index is -1.26. The van der Waals surface area contributed by atoms with Gasteiger partial charge < -0.3 is 0 Å². The van der Waals surface area contributed by atoms with Gasteiger partial charge in [0.2, 0.25) is 0 Å². The quantitative estimate of drug-likeness (QED) is 0.376. The van der Waals surface area contributed by atoms with Crippen LogP contribution >= 0.6 is 7.92 Å². The standard InChI is InChI=1S/C25H30N5O6P/c1-3-36-25(33)30-12-10-29(11-13-30)24(32)22(17-37-34)28-23(31)21-16-19(26-9-14-35-2)15-20(27-21)18-7-5-4-6-8-18/h4-8,15-16,22H,3,9-14H2,1-2H3,(H,26,27)(H,28,31)/t22-/m0/s1. The van der Waals surface area contributed by atoms with Crippen LogP contribution in [0.3, 0.4) is 0 Å². The molecule has 0 aliphatic carbocycles. The van der Waals surface area contributed by atoms with Crippen LogP contribution < -0.4 is 10.6 Å². The van der Waals surface area contributed by atoms with E-state index in [1.54, 1.807) is 20.1 Å². The first-order chi connectivity index (χ1) is 18.0. The van der Waals surface area contributed by atoms with Crippen molar-refractivity contribution in [3.8, 4) is 16.9 Å². The van der Waals surface area contributed by atoms with Crippen molar-refractivity contribution >= 4 is 31.5 Å². The van der Waals surface area contributed by atoms with Crippen LogP contribution in [0.25, 0.3) is 11.3 Å². The zero-order valence-corrected chi connectivity index (χ0v) is 21.7. The van der Waals surface area contributed by atoms with E-state index in [1.165, 1.54) is 9.80 Å². The SMILES string of the molecule is CCOC(=O)N1CCN(C(=O)[C@H](C#P=O)NC(=O)c2cc(NCCOC)cc(-c3ccccc3)n2)CC1. The number of carbonyl (C=O) groups excluding carboxylic acids is 3. The molecule has 0 bridgehead atoms. The predicted molar refractivity (Wildman–Crippen MR) is 138 cm³/mol. The second-order valence-electron chi connectivity index (χ2n) is 8.05. The maximum absolute atomic E-state index is 13.2. The molecule has 1 fully saturated rings. The molecule has 1 aromatic heterocycles. The van der Waals surface area contributed by atoms with Crippen molar-refractivity contribution in [3.63, 3.8) is 0 Å². The fraction of sp³-hybridized carbons (Fsp3) is 0.400. The number of ether oxygens (including phenoxy) is 2. The topological polar surface area (TPSA) is 130 Å². The molecule has 1 aliphatic rings. The summed E-state index contributed by atoms with van der Waals surface area (Å²) in [6.45, 7) is 4.05. The number of hydrogen-bond donors (Lipinski definition) is 2. The van der Waals surface area contributed by atoms with E-state index >= 15 is 0 Å². The van der Waals surface area contributed by atoms with Crippen LogP contribution in [0, 0.1) is 5.63 Å². The Balaban J connectivity index is 1.76. The van der Waals surface area contributed by atoms with Crippen molar-refractivity contribution in [3.05, 3.63) is 48.2 Å². The van der Waals surface area contributed by atoms with Crippen LogP contribution in [0.5, 0.6) is 0 Å². The molecule has 11 nitrogen and oxygen atoms in total. The second kappa shape index (κ2) is 14.2. The summed E-state index contributed by atoms with van der Waals surface area (Å²) < 4.78 is 21.4. The third kappa shape index (κ3) is 7.92. The summed E-state index contributed by atoms with van der Waals surface area (Å²) in [5.41, 5.74) is 4.59. The molecule has 2 aromatic rings. The van der Waals surface area contributed by atoms with Crippen molar-refractivity contribution in [2.24, 2.45) is 0 Å². The average molecular weight is 528 g/mol. The van der Waals surface area contributed by atoms with Gasteiger partial charge in [-0.1, -0.05) is 0 Å². The molecule has 0 saturated carbocycles. The van der Waals surface area contributed by atoms with Gasteiger partial charge in [-0.25, -0.2) is 0 Å². The van der Waals surface area contributed by atoms with E-state index in [-0.39, 0.29) is 38.5 Å². The zero-order chi connectivity index (χ0) is 26.6. The first kappa shape index (κ1) is 27.9. The van der Waals surface area contributed by atoms with Gasteiger partial charge >= 0.3 is 216 Å². The fourth-order valence-electron chi connectivity index (χ4n) is 3.72. The number of rotatable bonds is 9. The normalized spacial score (nSPS) is 13.8. The van der Waals surface area contributed by atoms with Gasteiger partial charge in [-0.3, -0.25) is 0 Å². The Kier molecular flexibility index (Phi) is 10.7. The number of carbonyl (C=O) groups is 3. The molecular formula is C25H30N5O6P. The van der Waals surface area contributed by atoms with Gasteiger partial charge in [0.15, 0.2) is 0 Å². The third-order valence-corrected chi connectivity index (χ3v) is 5.95. The molecular weight excluding hydrogens is 497 g/mol. The second-order valence-corrected chi connectivity index (χ2v) is 8.49. The summed E-state index contributed by atoms with van der Waals surface area (Å²) in [4.78, 5) is 45.7. The molecule has 1 aromatic carbocycles. The number of methoxy groups -OCH3 is 1. The van der Waals surface area contributed by atoms with Crippen molar-refractivity contribution in [1.82, 2.24) is 20.1 Å². The molecule has 2 N–H and O–H groups in total. The summed E-state index contributed by atoms with van der Waals surface area (Å²) in [6, 6.07) is 11.5. The summed E-state index contributed by atoms with van der Waals surface area (Å²) in [7, 11) is 1.07. The number of pyridine rings is 1. The van der Waals surface area contributed by atoms with Crippen molar-refractivity contribution in [2.45, 2.75) is 13.0 Å². The third-order valence-electron chi connectivity index (χ3n) is 5.58. The Morgan fingerprint density at radius 2 is 1.81 bits per heavy atom. The number of benzene rings is 1. The molecule has 1 aliphatic heterocycles. The Hall–Kier alpha value is -3.65.